The van der Waals surface area contributed by atoms with E-state index in [1.807, 2.05) is 62.8 Å². The molecular weight excluding hydrogens is 412 g/mol. The van der Waals surface area contributed by atoms with E-state index in [4.69, 9.17) is 4.74 Å². The summed E-state index contributed by atoms with van der Waals surface area (Å²) in [6.07, 6.45) is 4.19. The smallest absolute Gasteiger partial charge is 0.410 e. The van der Waals surface area contributed by atoms with Crippen molar-refractivity contribution >= 4 is 23.8 Å². The number of likely N-dealkylation sites (tertiary alicyclic amines) is 1. The van der Waals surface area contributed by atoms with E-state index in [9.17, 15) is 9.59 Å². The highest BCUT2D eigenvalue weighted by Gasteiger charge is 2.32. The molecule has 1 fully saturated rings. The minimum Gasteiger partial charge on any atom is -0.444 e. The van der Waals surface area contributed by atoms with Crippen molar-refractivity contribution in [2.75, 3.05) is 13.1 Å². The van der Waals surface area contributed by atoms with E-state index in [2.05, 4.69) is 17.2 Å². The molecule has 0 saturated carbocycles. The summed E-state index contributed by atoms with van der Waals surface area (Å²) >= 11 is 1.63. The second kappa shape index (κ2) is 9.77. The van der Waals surface area contributed by atoms with Crippen LogP contribution in [0.25, 0.3) is 0 Å². The van der Waals surface area contributed by atoms with Crippen molar-refractivity contribution < 1.29 is 14.3 Å². The summed E-state index contributed by atoms with van der Waals surface area (Å²) in [4.78, 5) is 31.4. The number of rotatable bonds is 5. The Morgan fingerprint density at radius 3 is 2.77 bits per heavy atom. The molecule has 1 aliphatic heterocycles. The number of imidazole rings is 1. The van der Waals surface area contributed by atoms with Gasteiger partial charge in [-0.15, -0.1) is 0 Å². The van der Waals surface area contributed by atoms with Crippen LogP contribution in [0.15, 0.2) is 41.8 Å². The van der Waals surface area contributed by atoms with E-state index >= 15 is 0 Å². The third-order valence-corrected chi connectivity index (χ3v) is 6.39. The van der Waals surface area contributed by atoms with Gasteiger partial charge in [0.15, 0.2) is 5.16 Å². The van der Waals surface area contributed by atoms with E-state index < -0.39 is 5.60 Å². The topological polar surface area (TPSA) is 76.5 Å². The number of benzene rings is 1. The maximum absolute atomic E-state index is 12.9. The van der Waals surface area contributed by atoms with E-state index in [-0.39, 0.29) is 24.0 Å². The van der Waals surface area contributed by atoms with Crippen LogP contribution in [-0.4, -0.2) is 51.2 Å². The molecule has 168 valence electrons. The Bertz CT molecular complexity index is 922. The van der Waals surface area contributed by atoms with Crippen LogP contribution < -0.4 is 5.32 Å². The van der Waals surface area contributed by atoms with Gasteiger partial charge in [-0.2, -0.15) is 0 Å². The molecule has 1 aromatic carbocycles. The van der Waals surface area contributed by atoms with Gasteiger partial charge < -0.3 is 19.5 Å². The average Bonchev–Trinajstić information content (AvgIpc) is 3.11. The normalized spacial score (nSPS) is 19.2. The van der Waals surface area contributed by atoms with Crippen molar-refractivity contribution in [2.24, 2.45) is 13.0 Å². The van der Waals surface area contributed by atoms with Gasteiger partial charge in [0.25, 0.3) is 5.91 Å². The van der Waals surface area contributed by atoms with Crippen LogP contribution in [0.5, 0.6) is 0 Å². The first-order chi connectivity index (χ1) is 14.6. The van der Waals surface area contributed by atoms with Gasteiger partial charge in [0.1, 0.15) is 5.60 Å². The zero-order valence-electron chi connectivity index (χ0n) is 18.9. The second-order valence-electron chi connectivity index (χ2n) is 9.08. The fourth-order valence-electron chi connectivity index (χ4n) is 3.44. The molecule has 31 heavy (non-hydrogen) atoms. The highest BCUT2D eigenvalue weighted by atomic mass is 32.2. The molecule has 1 N–H and O–H groups in total. The van der Waals surface area contributed by atoms with Gasteiger partial charge in [0.2, 0.25) is 0 Å². The summed E-state index contributed by atoms with van der Waals surface area (Å²) in [5.74, 6) is 0.898. The number of hydrogen-bond donors (Lipinski definition) is 1. The Kier molecular flexibility index (Phi) is 7.30. The zero-order valence-corrected chi connectivity index (χ0v) is 19.7. The number of nitrogens with zero attached hydrogens (tertiary/aromatic N) is 3. The fraction of sp³-hybridized carbons (Fsp3) is 0.522. The molecule has 0 aliphatic carbocycles. The molecule has 2 heterocycles. The molecule has 0 bridgehead atoms. The maximum Gasteiger partial charge on any atom is 0.410 e. The largest absolute Gasteiger partial charge is 0.444 e. The zero-order chi connectivity index (χ0) is 22.6. The highest BCUT2D eigenvalue weighted by molar-refractivity contribution is 7.98. The lowest BCUT2D eigenvalue weighted by atomic mass is 9.93. The molecular formula is C23H32N4O3S. The molecule has 8 heteroatoms. The minimum atomic E-state index is -0.535. The summed E-state index contributed by atoms with van der Waals surface area (Å²) in [6, 6.07) is 7.55. The number of nitrogens with one attached hydrogen (secondary N) is 1. The number of ether oxygens (including phenoxy) is 1. The van der Waals surface area contributed by atoms with Gasteiger partial charge in [-0.3, -0.25) is 4.79 Å². The molecule has 3 rings (SSSR count). The first kappa shape index (κ1) is 23.2. The van der Waals surface area contributed by atoms with Crippen molar-refractivity contribution in [3.8, 4) is 0 Å². The second-order valence-corrected chi connectivity index (χ2v) is 10.0. The summed E-state index contributed by atoms with van der Waals surface area (Å²) in [5, 5.41) is 4.07. The van der Waals surface area contributed by atoms with Crippen LogP contribution in [-0.2, 0) is 17.5 Å². The van der Waals surface area contributed by atoms with Gasteiger partial charge in [-0.05, 0) is 50.8 Å². The van der Waals surface area contributed by atoms with E-state index in [1.54, 1.807) is 22.9 Å². The molecule has 1 aromatic heterocycles. The lowest BCUT2D eigenvalue weighted by Crippen LogP contribution is -2.54. The van der Waals surface area contributed by atoms with E-state index in [1.165, 1.54) is 0 Å². The maximum atomic E-state index is 12.9. The predicted octanol–water partition coefficient (Wildman–Crippen LogP) is 4.09. The van der Waals surface area contributed by atoms with Crippen LogP contribution >= 0.6 is 11.8 Å². The van der Waals surface area contributed by atoms with Gasteiger partial charge in [0, 0.05) is 49.9 Å². The van der Waals surface area contributed by atoms with Gasteiger partial charge in [0.05, 0.1) is 0 Å². The van der Waals surface area contributed by atoms with Crippen LogP contribution in [0.4, 0.5) is 4.79 Å². The van der Waals surface area contributed by atoms with Crippen molar-refractivity contribution in [1.82, 2.24) is 19.8 Å². The number of thioether (sulfide) groups is 1. The SMILES string of the molecule is C[C@H]1CCN(C(=O)OC(C)(C)C)C[C@H]1NC(=O)c1cccc(CSc2nccn2C)c1. The molecule has 0 spiro atoms. The number of piperidine rings is 1. The van der Waals surface area contributed by atoms with Gasteiger partial charge in [-0.1, -0.05) is 30.8 Å². The number of amides is 2. The monoisotopic (exact) mass is 444 g/mol. The van der Waals surface area contributed by atoms with Crippen molar-refractivity contribution in [3.05, 3.63) is 47.8 Å². The summed E-state index contributed by atoms with van der Waals surface area (Å²) < 4.78 is 7.47. The minimum absolute atomic E-state index is 0.112. The first-order valence-corrected chi connectivity index (χ1v) is 11.6. The Morgan fingerprint density at radius 2 is 2.10 bits per heavy atom. The Labute approximate surface area is 188 Å². The third kappa shape index (κ3) is 6.50. The lowest BCUT2D eigenvalue weighted by molar-refractivity contribution is 0.0146. The molecule has 2 aromatic rings. The standard InChI is InChI=1S/C23H32N4O3S/c1-16-9-11-27(22(29)30-23(2,3)4)14-19(16)25-20(28)18-8-6-7-17(13-18)15-31-21-24-10-12-26(21)5/h6-8,10,12-13,16,19H,9,11,14-15H2,1-5H3,(H,25,28)/t16-,19+/m0/s1. The van der Waals surface area contributed by atoms with E-state index in [0.717, 1.165) is 22.9 Å². The molecule has 0 radical (unpaired) electrons. The van der Waals surface area contributed by atoms with E-state index in [0.29, 0.717) is 18.7 Å². The third-order valence-electron chi connectivity index (χ3n) is 5.26. The fourth-order valence-corrected chi connectivity index (χ4v) is 4.32. The van der Waals surface area contributed by atoms with Crippen LogP contribution in [0.1, 0.15) is 50.0 Å². The molecule has 2 atom stereocenters. The van der Waals surface area contributed by atoms with Crippen LogP contribution in [0.3, 0.4) is 0 Å². The Morgan fingerprint density at radius 1 is 1.32 bits per heavy atom. The molecule has 0 unspecified atom stereocenters. The summed E-state index contributed by atoms with van der Waals surface area (Å²) in [6.45, 7) is 8.78. The van der Waals surface area contributed by atoms with Crippen LogP contribution in [0, 0.1) is 5.92 Å². The molecule has 1 saturated heterocycles. The predicted molar refractivity (Wildman–Crippen MR) is 122 cm³/mol. The Hall–Kier alpha value is -2.48. The first-order valence-electron chi connectivity index (χ1n) is 10.6. The van der Waals surface area contributed by atoms with Crippen molar-refractivity contribution in [3.63, 3.8) is 0 Å². The number of aromatic nitrogens is 2. The number of aryl methyl sites for hydroxylation is 1. The number of carbonyl (C=O) groups is 2. The number of hydrogen-bond acceptors (Lipinski definition) is 5. The van der Waals surface area contributed by atoms with Crippen LogP contribution in [0.2, 0.25) is 0 Å². The molecule has 1 aliphatic rings. The van der Waals surface area contributed by atoms with Crippen molar-refractivity contribution in [2.45, 2.75) is 56.7 Å². The summed E-state index contributed by atoms with van der Waals surface area (Å²) in [5.41, 5.74) is 1.15. The summed E-state index contributed by atoms with van der Waals surface area (Å²) in [7, 11) is 1.96. The van der Waals surface area contributed by atoms with Crippen molar-refractivity contribution in [1.29, 1.82) is 0 Å². The average molecular weight is 445 g/mol. The molecule has 7 nitrogen and oxygen atoms in total. The molecule has 2 amide bonds. The lowest BCUT2D eigenvalue weighted by Gasteiger charge is -2.38. The quantitative estimate of drug-likeness (QED) is 0.703. The van der Waals surface area contributed by atoms with Gasteiger partial charge in [-0.25, -0.2) is 9.78 Å². The number of carbonyl (C=O) groups excluding carboxylic acids is 2. The van der Waals surface area contributed by atoms with Gasteiger partial charge >= 0.3 is 6.09 Å². The Balaban J connectivity index is 1.60. The highest BCUT2D eigenvalue weighted by Crippen LogP contribution is 2.22.